The molecule has 1 amide bonds. The molecule has 3 heterocycles. The molecule has 3 aromatic rings. The average Bonchev–Trinajstić information content (AvgIpc) is 3.49. The Bertz CT molecular complexity index is 1290. The summed E-state index contributed by atoms with van der Waals surface area (Å²) in [6.45, 7) is 1.04. The van der Waals surface area contributed by atoms with Crippen molar-refractivity contribution < 1.29 is 23.5 Å². The van der Waals surface area contributed by atoms with Gasteiger partial charge in [-0.3, -0.25) is 9.78 Å². The highest BCUT2D eigenvalue weighted by atomic mass is 19.1. The van der Waals surface area contributed by atoms with Crippen LogP contribution < -0.4 is 4.74 Å². The number of nitrogens with zero attached hydrogens (tertiary/aromatic N) is 2. The van der Waals surface area contributed by atoms with E-state index in [1.54, 1.807) is 24.4 Å². The molecule has 1 atom stereocenters. The minimum absolute atomic E-state index is 0.0722. The highest BCUT2D eigenvalue weighted by Gasteiger charge is 2.57. The normalized spacial score (nSPS) is 21.9. The van der Waals surface area contributed by atoms with Gasteiger partial charge in [-0.1, -0.05) is 30.3 Å². The summed E-state index contributed by atoms with van der Waals surface area (Å²) in [5.74, 6) is 0.0304. The molecule has 1 unspecified atom stereocenters. The number of likely N-dealkylation sites (tertiary alicyclic amines) is 1. The van der Waals surface area contributed by atoms with Crippen LogP contribution in [0.2, 0.25) is 0 Å². The second kappa shape index (κ2) is 7.65. The lowest BCUT2D eigenvalue weighted by Crippen LogP contribution is -2.40. The number of carbonyl (C=O) groups is 2. The van der Waals surface area contributed by atoms with Gasteiger partial charge in [0.05, 0.1) is 17.5 Å². The van der Waals surface area contributed by atoms with Gasteiger partial charge < -0.3 is 14.4 Å². The van der Waals surface area contributed by atoms with Crippen LogP contribution in [0, 0.1) is 5.82 Å². The SMILES string of the molecule is O=C1OC2(CCN(C(=O)C3(c4ccc(OCc5ccccc5F)cc4)CC3)C2)c2ccncc21. The van der Waals surface area contributed by atoms with Gasteiger partial charge in [0.1, 0.15) is 18.2 Å². The van der Waals surface area contributed by atoms with Gasteiger partial charge in [-0.25, -0.2) is 9.18 Å². The first-order valence-corrected chi connectivity index (χ1v) is 11.4. The number of rotatable bonds is 5. The van der Waals surface area contributed by atoms with Crippen molar-refractivity contribution >= 4 is 11.9 Å². The van der Waals surface area contributed by atoms with E-state index in [1.807, 2.05) is 35.2 Å². The Kier molecular flexibility index (Phi) is 4.69. The minimum Gasteiger partial charge on any atom is -0.489 e. The fourth-order valence-electron chi connectivity index (χ4n) is 5.20. The Morgan fingerprint density at radius 3 is 2.65 bits per heavy atom. The van der Waals surface area contributed by atoms with Gasteiger partial charge >= 0.3 is 5.97 Å². The summed E-state index contributed by atoms with van der Waals surface area (Å²) in [7, 11) is 0. The van der Waals surface area contributed by atoms with Crippen LogP contribution in [0.15, 0.2) is 67.0 Å². The molecule has 0 bridgehead atoms. The number of ether oxygens (including phenoxy) is 2. The lowest BCUT2D eigenvalue weighted by atomic mass is 9.92. The largest absolute Gasteiger partial charge is 0.489 e. The van der Waals surface area contributed by atoms with Gasteiger partial charge in [-0.2, -0.15) is 0 Å². The molecule has 1 aliphatic carbocycles. The fourth-order valence-corrected chi connectivity index (χ4v) is 5.20. The number of amides is 1. The first kappa shape index (κ1) is 20.8. The van der Waals surface area contributed by atoms with Crippen molar-refractivity contribution in [2.24, 2.45) is 0 Å². The van der Waals surface area contributed by atoms with E-state index in [4.69, 9.17) is 9.47 Å². The summed E-state index contributed by atoms with van der Waals surface area (Å²) in [5.41, 5.74) is 1.44. The number of hydrogen-bond acceptors (Lipinski definition) is 5. The summed E-state index contributed by atoms with van der Waals surface area (Å²) < 4.78 is 25.3. The molecule has 1 saturated carbocycles. The maximum absolute atomic E-state index is 13.8. The molecule has 1 saturated heterocycles. The predicted octanol–water partition coefficient (Wildman–Crippen LogP) is 4.13. The number of benzene rings is 2. The lowest BCUT2D eigenvalue weighted by molar-refractivity contribution is -0.134. The Hall–Kier alpha value is -3.74. The van der Waals surface area contributed by atoms with E-state index >= 15 is 0 Å². The van der Waals surface area contributed by atoms with Crippen molar-refractivity contribution in [1.82, 2.24) is 9.88 Å². The molecule has 1 spiro atoms. The molecular formula is C27H23FN2O4. The highest BCUT2D eigenvalue weighted by Crippen LogP contribution is 2.52. The van der Waals surface area contributed by atoms with E-state index in [0.29, 0.717) is 36.4 Å². The topological polar surface area (TPSA) is 68.7 Å². The van der Waals surface area contributed by atoms with E-state index < -0.39 is 11.0 Å². The number of carbonyl (C=O) groups excluding carboxylic acids is 2. The number of aromatic nitrogens is 1. The molecule has 3 aliphatic rings. The molecule has 2 aromatic carbocycles. The van der Waals surface area contributed by atoms with E-state index in [0.717, 1.165) is 24.0 Å². The first-order valence-electron chi connectivity index (χ1n) is 11.4. The number of hydrogen-bond donors (Lipinski definition) is 0. The van der Waals surface area contributed by atoms with Gasteiger partial charge in [0.15, 0.2) is 5.60 Å². The van der Waals surface area contributed by atoms with Crippen LogP contribution in [0.1, 0.15) is 46.3 Å². The molecule has 6 rings (SSSR count). The lowest BCUT2D eigenvalue weighted by Gasteiger charge is -2.27. The molecule has 7 heteroatoms. The van der Waals surface area contributed by atoms with Crippen molar-refractivity contribution in [3.8, 4) is 5.75 Å². The Labute approximate surface area is 196 Å². The summed E-state index contributed by atoms with van der Waals surface area (Å²) >= 11 is 0. The van der Waals surface area contributed by atoms with Gasteiger partial charge in [-0.05, 0) is 42.7 Å². The minimum atomic E-state index is -0.772. The van der Waals surface area contributed by atoms with Crippen molar-refractivity contribution in [2.45, 2.75) is 36.9 Å². The van der Waals surface area contributed by atoms with Crippen molar-refractivity contribution in [3.63, 3.8) is 0 Å². The van der Waals surface area contributed by atoms with E-state index in [1.165, 1.54) is 12.3 Å². The molecule has 0 radical (unpaired) electrons. The molecule has 2 fully saturated rings. The number of esters is 1. The van der Waals surface area contributed by atoms with Crippen molar-refractivity contribution in [1.29, 1.82) is 0 Å². The monoisotopic (exact) mass is 458 g/mol. The third-order valence-corrected chi connectivity index (χ3v) is 7.26. The fraction of sp³-hybridized carbons (Fsp3) is 0.296. The maximum atomic E-state index is 13.8. The van der Waals surface area contributed by atoms with Crippen LogP contribution in [0.3, 0.4) is 0 Å². The molecule has 1 aromatic heterocycles. The van der Waals surface area contributed by atoms with Crippen LogP contribution in [0.4, 0.5) is 4.39 Å². The van der Waals surface area contributed by atoms with Crippen molar-refractivity contribution in [2.75, 3.05) is 13.1 Å². The van der Waals surface area contributed by atoms with Gasteiger partial charge in [0.25, 0.3) is 0 Å². The quantitative estimate of drug-likeness (QED) is 0.538. The second-order valence-corrected chi connectivity index (χ2v) is 9.27. The summed E-state index contributed by atoms with van der Waals surface area (Å²) in [4.78, 5) is 31.8. The standard InChI is InChI=1S/C27H23FN2O4/c28-23-4-2-1-3-18(23)16-33-20-7-5-19(6-8-20)26(10-11-26)25(32)30-14-12-27(17-30)22-9-13-29-15-21(22)24(31)34-27/h1-9,13,15H,10-12,14,16-17H2. The third-order valence-electron chi connectivity index (χ3n) is 7.26. The van der Waals surface area contributed by atoms with E-state index in [-0.39, 0.29) is 24.3 Å². The summed E-state index contributed by atoms with van der Waals surface area (Å²) in [5, 5.41) is 0. The second-order valence-electron chi connectivity index (χ2n) is 9.27. The maximum Gasteiger partial charge on any atom is 0.341 e. The summed E-state index contributed by atoms with van der Waals surface area (Å²) in [6.07, 6.45) is 5.34. The predicted molar refractivity (Wildman–Crippen MR) is 121 cm³/mol. The number of pyridine rings is 1. The molecule has 2 aliphatic heterocycles. The number of fused-ring (bicyclic) bond motifs is 2. The number of halogens is 1. The highest BCUT2D eigenvalue weighted by molar-refractivity contribution is 5.95. The third kappa shape index (κ3) is 3.26. The van der Waals surface area contributed by atoms with Crippen molar-refractivity contribution in [3.05, 3.63) is 95.1 Å². The van der Waals surface area contributed by atoms with E-state index in [9.17, 15) is 14.0 Å². The average molecular weight is 458 g/mol. The van der Waals surface area contributed by atoms with Crippen LogP contribution in [0.25, 0.3) is 0 Å². The smallest absolute Gasteiger partial charge is 0.341 e. The van der Waals surface area contributed by atoms with Crippen LogP contribution >= 0.6 is 0 Å². The van der Waals surface area contributed by atoms with Crippen LogP contribution in [0.5, 0.6) is 5.75 Å². The Morgan fingerprint density at radius 2 is 1.88 bits per heavy atom. The van der Waals surface area contributed by atoms with Gasteiger partial charge in [0.2, 0.25) is 5.91 Å². The molecule has 6 nitrogen and oxygen atoms in total. The Balaban J connectivity index is 1.16. The van der Waals surface area contributed by atoms with E-state index in [2.05, 4.69) is 4.98 Å². The molecule has 0 N–H and O–H groups in total. The zero-order valence-electron chi connectivity index (χ0n) is 18.5. The molecule has 34 heavy (non-hydrogen) atoms. The van der Waals surface area contributed by atoms with Gasteiger partial charge in [-0.15, -0.1) is 0 Å². The first-order chi connectivity index (χ1) is 16.5. The zero-order valence-corrected chi connectivity index (χ0v) is 18.5. The Morgan fingerprint density at radius 1 is 1.09 bits per heavy atom. The molecular weight excluding hydrogens is 435 g/mol. The zero-order chi connectivity index (χ0) is 23.3. The van der Waals surface area contributed by atoms with Gasteiger partial charge in [0, 0.05) is 36.5 Å². The molecule has 172 valence electrons. The summed E-state index contributed by atoms with van der Waals surface area (Å²) in [6, 6.07) is 15.9. The van der Waals surface area contributed by atoms with Crippen LogP contribution in [-0.4, -0.2) is 34.8 Å². The van der Waals surface area contributed by atoms with Crippen LogP contribution in [-0.2, 0) is 27.2 Å².